The van der Waals surface area contributed by atoms with E-state index >= 15 is 0 Å². The summed E-state index contributed by atoms with van der Waals surface area (Å²) in [6.45, 7) is 0. The summed E-state index contributed by atoms with van der Waals surface area (Å²) >= 11 is 0. The minimum Gasteiger partial charge on any atom is -0.294 e. The van der Waals surface area contributed by atoms with Gasteiger partial charge < -0.3 is 0 Å². The van der Waals surface area contributed by atoms with E-state index in [0.717, 1.165) is 0 Å². The lowest BCUT2D eigenvalue weighted by atomic mass is 10.1. The smallest absolute Gasteiger partial charge is 0.274 e. The number of hydrogen-bond donors (Lipinski definition) is 2. The van der Waals surface area contributed by atoms with Gasteiger partial charge in [-0.2, -0.15) is 5.10 Å². The van der Waals surface area contributed by atoms with Crippen molar-refractivity contribution < 1.29 is 4.79 Å². The molecule has 1 aromatic heterocycles. The number of aromatic nitrogens is 2. The summed E-state index contributed by atoms with van der Waals surface area (Å²) < 4.78 is 1.22. The molecule has 1 aromatic carbocycles. The molecule has 0 spiro atoms. The van der Waals surface area contributed by atoms with Crippen molar-refractivity contribution in [2.24, 2.45) is 12.9 Å². The SMILES string of the molecule is Cl.Cn1nc(CC(=O)NN)c2ccccc2c1=O. The van der Waals surface area contributed by atoms with Crippen LogP contribution in [0, 0.1) is 0 Å². The van der Waals surface area contributed by atoms with Crippen LogP contribution in [0.3, 0.4) is 0 Å². The van der Waals surface area contributed by atoms with E-state index in [1.807, 2.05) is 5.43 Å². The molecule has 18 heavy (non-hydrogen) atoms. The molecule has 0 atom stereocenters. The first-order chi connectivity index (χ1) is 8.13. The van der Waals surface area contributed by atoms with E-state index in [0.29, 0.717) is 16.5 Å². The first kappa shape index (κ1) is 14.1. The first-order valence-electron chi connectivity index (χ1n) is 5.08. The van der Waals surface area contributed by atoms with E-state index in [2.05, 4.69) is 5.10 Å². The van der Waals surface area contributed by atoms with Crippen LogP contribution in [0.25, 0.3) is 10.8 Å². The normalized spacial score (nSPS) is 9.89. The molecule has 1 amide bonds. The van der Waals surface area contributed by atoms with Gasteiger partial charge in [0.2, 0.25) is 5.91 Å². The van der Waals surface area contributed by atoms with Gasteiger partial charge in [-0.05, 0) is 6.07 Å². The predicted octanol–water partition coefficient (Wildman–Crippen LogP) is -0.112. The van der Waals surface area contributed by atoms with Crippen molar-refractivity contribution in [1.82, 2.24) is 15.2 Å². The molecule has 0 fully saturated rings. The summed E-state index contributed by atoms with van der Waals surface area (Å²) in [7, 11) is 1.55. The van der Waals surface area contributed by atoms with E-state index in [4.69, 9.17) is 5.84 Å². The van der Waals surface area contributed by atoms with Crippen molar-refractivity contribution in [2.75, 3.05) is 0 Å². The van der Waals surface area contributed by atoms with Gasteiger partial charge in [0.05, 0.1) is 17.5 Å². The highest BCUT2D eigenvalue weighted by molar-refractivity contribution is 5.88. The summed E-state index contributed by atoms with van der Waals surface area (Å²) in [5, 5.41) is 5.30. The number of fused-ring (bicyclic) bond motifs is 1. The molecule has 3 N–H and O–H groups in total. The van der Waals surface area contributed by atoms with E-state index in [9.17, 15) is 9.59 Å². The van der Waals surface area contributed by atoms with Gasteiger partial charge in [-0.25, -0.2) is 10.5 Å². The Morgan fingerprint density at radius 1 is 1.39 bits per heavy atom. The largest absolute Gasteiger partial charge is 0.294 e. The summed E-state index contributed by atoms with van der Waals surface area (Å²) in [5.41, 5.74) is 2.40. The fourth-order valence-electron chi connectivity index (χ4n) is 1.71. The van der Waals surface area contributed by atoms with E-state index < -0.39 is 0 Å². The predicted molar refractivity (Wildman–Crippen MR) is 70.3 cm³/mol. The topological polar surface area (TPSA) is 90.0 Å². The monoisotopic (exact) mass is 268 g/mol. The fourth-order valence-corrected chi connectivity index (χ4v) is 1.71. The fraction of sp³-hybridized carbons (Fsp3) is 0.182. The van der Waals surface area contributed by atoms with Crippen LogP contribution < -0.4 is 16.8 Å². The highest BCUT2D eigenvalue weighted by Crippen LogP contribution is 2.13. The number of hydrogen-bond acceptors (Lipinski definition) is 4. The zero-order valence-corrected chi connectivity index (χ0v) is 10.5. The lowest BCUT2D eigenvalue weighted by Crippen LogP contribution is -2.32. The van der Waals surface area contributed by atoms with Crippen LogP contribution in [0.2, 0.25) is 0 Å². The number of nitrogens with two attached hydrogens (primary N) is 1. The minimum atomic E-state index is -0.346. The molecule has 1 heterocycles. The molecule has 6 nitrogen and oxygen atoms in total. The van der Waals surface area contributed by atoms with Gasteiger partial charge in [-0.15, -0.1) is 12.4 Å². The van der Waals surface area contributed by atoms with Crippen LogP contribution in [0.5, 0.6) is 0 Å². The molecule has 0 radical (unpaired) electrons. The number of nitrogens with zero attached hydrogens (tertiary/aromatic N) is 2. The molecule has 0 aliphatic rings. The van der Waals surface area contributed by atoms with Crippen molar-refractivity contribution in [3.63, 3.8) is 0 Å². The number of aryl methyl sites for hydroxylation is 1. The number of hydrazine groups is 1. The second kappa shape index (κ2) is 5.61. The minimum absolute atomic E-state index is 0. The zero-order chi connectivity index (χ0) is 12.4. The van der Waals surface area contributed by atoms with Crippen LogP contribution in [0.4, 0.5) is 0 Å². The van der Waals surface area contributed by atoms with Crippen molar-refractivity contribution in [2.45, 2.75) is 6.42 Å². The Labute approximate surface area is 109 Å². The summed E-state index contributed by atoms with van der Waals surface area (Å²) in [6, 6.07) is 7.05. The summed E-state index contributed by atoms with van der Waals surface area (Å²) in [6.07, 6.45) is 0.0468. The van der Waals surface area contributed by atoms with Gasteiger partial charge in [0, 0.05) is 12.4 Å². The molecule has 0 aliphatic heterocycles. The second-order valence-electron chi connectivity index (χ2n) is 3.67. The Bertz CT molecular complexity index is 638. The van der Waals surface area contributed by atoms with Crippen LogP contribution in [0.1, 0.15) is 5.69 Å². The number of amides is 1. The van der Waals surface area contributed by atoms with Crippen molar-refractivity contribution in [1.29, 1.82) is 0 Å². The maximum absolute atomic E-state index is 11.8. The summed E-state index contributed by atoms with van der Waals surface area (Å²) in [5.74, 6) is 4.69. The van der Waals surface area contributed by atoms with Gasteiger partial charge in [0.1, 0.15) is 0 Å². The standard InChI is InChI=1S/C11H12N4O2.ClH/c1-15-11(17)8-5-3-2-4-7(8)9(14-15)6-10(16)13-12;/h2-5H,6,12H2,1H3,(H,13,16);1H. The average Bonchev–Trinajstić information content (AvgIpc) is 2.35. The number of benzene rings is 1. The number of carbonyl (C=O) groups excluding carboxylic acids is 1. The van der Waals surface area contributed by atoms with Gasteiger partial charge >= 0.3 is 0 Å². The van der Waals surface area contributed by atoms with E-state index in [1.165, 1.54) is 4.68 Å². The first-order valence-corrected chi connectivity index (χ1v) is 5.08. The number of carbonyl (C=O) groups is 1. The third-order valence-corrected chi connectivity index (χ3v) is 2.52. The molecule has 0 bridgehead atoms. The van der Waals surface area contributed by atoms with Gasteiger partial charge in [-0.1, -0.05) is 18.2 Å². The lowest BCUT2D eigenvalue weighted by molar-refractivity contribution is -0.120. The molecule has 0 saturated heterocycles. The number of halogens is 1. The van der Waals surface area contributed by atoms with Crippen LogP contribution in [-0.4, -0.2) is 15.7 Å². The zero-order valence-electron chi connectivity index (χ0n) is 9.71. The van der Waals surface area contributed by atoms with Crippen molar-refractivity contribution >= 4 is 29.1 Å². The molecule has 96 valence electrons. The van der Waals surface area contributed by atoms with Crippen molar-refractivity contribution in [3.8, 4) is 0 Å². The highest BCUT2D eigenvalue weighted by Gasteiger charge is 2.11. The Kier molecular flexibility index (Phi) is 4.41. The number of nitrogens with one attached hydrogen (secondary N) is 1. The molecule has 0 unspecified atom stereocenters. The second-order valence-corrected chi connectivity index (χ2v) is 3.67. The quantitative estimate of drug-likeness (QED) is 0.452. The van der Waals surface area contributed by atoms with E-state index in [1.54, 1.807) is 31.3 Å². The lowest BCUT2D eigenvalue weighted by Gasteiger charge is -2.06. The highest BCUT2D eigenvalue weighted by atomic mass is 35.5. The third kappa shape index (κ3) is 2.49. The maximum Gasteiger partial charge on any atom is 0.274 e. The maximum atomic E-state index is 11.8. The van der Waals surface area contributed by atoms with Gasteiger partial charge in [-0.3, -0.25) is 15.0 Å². The third-order valence-electron chi connectivity index (χ3n) is 2.52. The van der Waals surface area contributed by atoms with Crippen LogP contribution in [0.15, 0.2) is 29.1 Å². The Hall–Kier alpha value is -1.92. The molecule has 2 aromatic rings. The molecule has 7 heteroatoms. The Morgan fingerprint density at radius 2 is 2.00 bits per heavy atom. The molecule has 0 saturated carbocycles. The van der Waals surface area contributed by atoms with Crippen molar-refractivity contribution in [3.05, 3.63) is 40.3 Å². The van der Waals surface area contributed by atoms with Crippen LogP contribution in [-0.2, 0) is 18.3 Å². The van der Waals surface area contributed by atoms with E-state index in [-0.39, 0.29) is 30.3 Å². The van der Waals surface area contributed by atoms with Gasteiger partial charge in [0.25, 0.3) is 5.56 Å². The van der Waals surface area contributed by atoms with Gasteiger partial charge in [0.15, 0.2) is 0 Å². The molecular formula is C11H13ClN4O2. The Balaban J connectivity index is 0.00000162. The number of rotatable bonds is 2. The molecule has 2 rings (SSSR count). The molecule has 0 aliphatic carbocycles. The molecular weight excluding hydrogens is 256 g/mol. The average molecular weight is 269 g/mol. The Morgan fingerprint density at radius 3 is 2.61 bits per heavy atom. The van der Waals surface area contributed by atoms with Crippen LogP contribution >= 0.6 is 12.4 Å². The summed E-state index contributed by atoms with van der Waals surface area (Å²) in [4.78, 5) is 23.1.